The van der Waals surface area contributed by atoms with E-state index in [4.69, 9.17) is 4.74 Å². The molecule has 7 heteroatoms. The van der Waals surface area contributed by atoms with Gasteiger partial charge in [0.05, 0.1) is 6.61 Å². The zero-order chi connectivity index (χ0) is 16.8. The zero-order valence-corrected chi connectivity index (χ0v) is 14.1. The summed E-state index contributed by atoms with van der Waals surface area (Å²) < 4.78 is 8.11. The van der Waals surface area contributed by atoms with E-state index in [0.717, 1.165) is 12.8 Å². The molecule has 0 unspecified atom stereocenters. The third-order valence-electron chi connectivity index (χ3n) is 3.65. The Morgan fingerprint density at radius 1 is 1.21 bits per heavy atom. The fourth-order valence-corrected chi connectivity index (χ4v) is 3.20. The molecule has 0 N–H and O–H groups in total. The normalized spacial score (nSPS) is 11.0. The summed E-state index contributed by atoms with van der Waals surface area (Å²) in [7, 11) is 0. The van der Waals surface area contributed by atoms with Crippen LogP contribution in [0.3, 0.4) is 0 Å². The Hall–Kier alpha value is -2.41. The van der Waals surface area contributed by atoms with E-state index in [2.05, 4.69) is 11.2 Å². The number of carbonyl (C=O) groups excluding carboxylic acids is 1. The molecule has 24 heavy (non-hydrogen) atoms. The van der Waals surface area contributed by atoms with Crippen molar-refractivity contribution in [2.24, 2.45) is 0 Å². The standard InChI is InChI=1S/C17H19N3O3S/c21-16(9-3-6-14-7-4-13-24-14)23-12-5-11-20-17(22)19-10-2-1-8-15(19)18-20/h1-2,4,7-8,10,13H,3,5-6,9,11-12H2. The number of rotatable bonds is 8. The highest BCUT2D eigenvalue weighted by Gasteiger charge is 2.07. The molecule has 0 radical (unpaired) electrons. The summed E-state index contributed by atoms with van der Waals surface area (Å²) in [6.45, 7) is 0.737. The smallest absolute Gasteiger partial charge is 0.350 e. The average Bonchev–Trinajstić information content (AvgIpc) is 3.21. The fraction of sp³-hybridized carbons (Fsp3) is 0.353. The maximum atomic E-state index is 12.1. The van der Waals surface area contributed by atoms with Crippen LogP contribution in [0.25, 0.3) is 5.65 Å². The molecular weight excluding hydrogens is 326 g/mol. The second kappa shape index (κ2) is 7.92. The molecule has 0 fully saturated rings. The van der Waals surface area contributed by atoms with Crippen LogP contribution >= 0.6 is 11.3 Å². The first kappa shape index (κ1) is 16.4. The van der Waals surface area contributed by atoms with Crippen LogP contribution in [0.2, 0.25) is 0 Å². The van der Waals surface area contributed by atoms with Gasteiger partial charge in [-0.2, -0.15) is 0 Å². The van der Waals surface area contributed by atoms with Crippen molar-refractivity contribution >= 4 is 23.0 Å². The minimum atomic E-state index is -0.186. The second-order valence-corrected chi connectivity index (χ2v) is 6.47. The minimum absolute atomic E-state index is 0.173. The van der Waals surface area contributed by atoms with E-state index in [1.165, 1.54) is 14.0 Å². The van der Waals surface area contributed by atoms with Crippen LogP contribution in [-0.4, -0.2) is 26.8 Å². The van der Waals surface area contributed by atoms with Gasteiger partial charge in [0, 0.05) is 30.5 Å². The SMILES string of the molecule is O=C(CCCc1cccs1)OCCCn1nc2ccccn2c1=O. The summed E-state index contributed by atoms with van der Waals surface area (Å²) in [5, 5.41) is 6.27. The van der Waals surface area contributed by atoms with Gasteiger partial charge in [-0.3, -0.25) is 9.20 Å². The van der Waals surface area contributed by atoms with Crippen LogP contribution in [0.5, 0.6) is 0 Å². The van der Waals surface area contributed by atoms with Crippen molar-refractivity contribution in [2.75, 3.05) is 6.61 Å². The van der Waals surface area contributed by atoms with Crippen LogP contribution in [0, 0.1) is 0 Å². The molecule has 126 valence electrons. The van der Waals surface area contributed by atoms with Gasteiger partial charge < -0.3 is 4.74 Å². The number of nitrogens with zero attached hydrogens (tertiary/aromatic N) is 3. The number of esters is 1. The minimum Gasteiger partial charge on any atom is -0.466 e. The van der Waals surface area contributed by atoms with Gasteiger partial charge >= 0.3 is 11.7 Å². The quantitative estimate of drug-likeness (QED) is 0.465. The highest BCUT2D eigenvalue weighted by atomic mass is 32.1. The van der Waals surface area contributed by atoms with E-state index < -0.39 is 0 Å². The Balaban J connectivity index is 1.37. The van der Waals surface area contributed by atoms with Gasteiger partial charge in [0.2, 0.25) is 0 Å². The molecule has 0 saturated heterocycles. The largest absolute Gasteiger partial charge is 0.466 e. The third-order valence-corrected chi connectivity index (χ3v) is 4.59. The molecule has 0 amide bonds. The monoisotopic (exact) mass is 345 g/mol. The molecule has 0 aliphatic heterocycles. The van der Waals surface area contributed by atoms with Crippen molar-refractivity contribution in [3.8, 4) is 0 Å². The van der Waals surface area contributed by atoms with E-state index in [-0.39, 0.29) is 11.7 Å². The third kappa shape index (κ3) is 4.11. The van der Waals surface area contributed by atoms with E-state index >= 15 is 0 Å². The molecule has 0 saturated carbocycles. The first-order valence-electron chi connectivity index (χ1n) is 7.96. The maximum absolute atomic E-state index is 12.1. The lowest BCUT2D eigenvalue weighted by molar-refractivity contribution is -0.143. The van der Waals surface area contributed by atoms with Crippen molar-refractivity contribution in [1.82, 2.24) is 14.2 Å². The molecule has 3 heterocycles. The van der Waals surface area contributed by atoms with Crippen molar-refractivity contribution in [2.45, 2.75) is 32.2 Å². The number of aromatic nitrogens is 3. The number of ether oxygens (including phenoxy) is 1. The number of aryl methyl sites for hydroxylation is 2. The number of carbonyl (C=O) groups is 1. The van der Waals surface area contributed by atoms with E-state index in [1.807, 2.05) is 17.5 Å². The summed E-state index contributed by atoms with van der Waals surface area (Å²) in [6, 6.07) is 9.50. The average molecular weight is 345 g/mol. The highest BCUT2D eigenvalue weighted by Crippen LogP contribution is 2.12. The van der Waals surface area contributed by atoms with Gasteiger partial charge in [-0.1, -0.05) is 12.1 Å². The molecule has 3 aromatic rings. The Labute approximate surface area is 143 Å². The lowest BCUT2D eigenvalue weighted by Crippen LogP contribution is -2.22. The summed E-state index contributed by atoms with van der Waals surface area (Å²) in [6.07, 6.45) is 4.39. The van der Waals surface area contributed by atoms with Gasteiger partial charge in [-0.25, -0.2) is 9.48 Å². The van der Waals surface area contributed by atoms with Gasteiger partial charge in [0.25, 0.3) is 0 Å². The molecule has 6 nitrogen and oxygen atoms in total. The summed E-state index contributed by atoms with van der Waals surface area (Å²) in [5.41, 5.74) is 0.445. The molecule has 0 spiro atoms. The van der Waals surface area contributed by atoms with Crippen LogP contribution in [0.15, 0.2) is 46.7 Å². The summed E-state index contributed by atoms with van der Waals surface area (Å²) in [4.78, 5) is 25.0. The predicted octanol–water partition coefficient (Wildman–Crippen LogP) is 2.51. The van der Waals surface area contributed by atoms with Gasteiger partial charge in [-0.05, 0) is 36.4 Å². The number of hydrogen-bond acceptors (Lipinski definition) is 5. The van der Waals surface area contributed by atoms with Crippen molar-refractivity contribution < 1.29 is 9.53 Å². The topological polar surface area (TPSA) is 65.6 Å². The molecule has 3 rings (SSSR count). The molecule has 0 aromatic carbocycles. The van der Waals surface area contributed by atoms with E-state index in [9.17, 15) is 9.59 Å². The highest BCUT2D eigenvalue weighted by molar-refractivity contribution is 7.09. The summed E-state index contributed by atoms with van der Waals surface area (Å²) in [5.74, 6) is -0.186. The number of thiophene rings is 1. The number of pyridine rings is 1. The molecule has 0 aliphatic carbocycles. The maximum Gasteiger partial charge on any atom is 0.350 e. The van der Waals surface area contributed by atoms with E-state index in [1.54, 1.807) is 29.7 Å². The fourth-order valence-electron chi connectivity index (χ4n) is 2.45. The predicted molar refractivity (Wildman–Crippen MR) is 92.3 cm³/mol. The van der Waals surface area contributed by atoms with Gasteiger partial charge in [-0.15, -0.1) is 16.4 Å². The van der Waals surface area contributed by atoms with Crippen molar-refractivity contribution in [3.63, 3.8) is 0 Å². The van der Waals surface area contributed by atoms with Crippen molar-refractivity contribution in [1.29, 1.82) is 0 Å². The molecule has 0 aliphatic rings. The number of hydrogen-bond donors (Lipinski definition) is 0. The molecular formula is C17H19N3O3S. The summed E-state index contributed by atoms with van der Waals surface area (Å²) >= 11 is 1.70. The van der Waals surface area contributed by atoms with Gasteiger partial charge in [0.15, 0.2) is 5.65 Å². The van der Waals surface area contributed by atoms with Crippen LogP contribution < -0.4 is 5.69 Å². The van der Waals surface area contributed by atoms with Crippen LogP contribution in [-0.2, 0) is 22.5 Å². The first-order valence-corrected chi connectivity index (χ1v) is 8.84. The molecule has 0 atom stereocenters. The Morgan fingerprint density at radius 2 is 2.12 bits per heavy atom. The lowest BCUT2D eigenvalue weighted by Gasteiger charge is -2.04. The second-order valence-electron chi connectivity index (χ2n) is 5.44. The van der Waals surface area contributed by atoms with Crippen molar-refractivity contribution in [3.05, 3.63) is 57.3 Å². The molecule has 3 aromatic heterocycles. The zero-order valence-electron chi connectivity index (χ0n) is 13.3. The Kier molecular flexibility index (Phi) is 5.43. The lowest BCUT2D eigenvalue weighted by atomic mass is 10.2. The van der Waals surface area contributed by atoms with Crippen LogP contribution in [0.4, 0.5) is 0 Å². The number of fused-ring (bicyclic) bond motifs is 1. The Morgan fingerprint density at radius 3 is 2.92 bits per heavy atom. The first-order chi connectivity index (χ1) is 11.7. The van der Waals surface area contributed by atoms with Gasteiger partial charge in [0.1, 0.15) is 0 Å². The van der Waals surface area contributed by atoms with Crippen LogP contribution in [0.1, 0.15) is 24.1 Å². The van der Waals surface area contributed by atoms with E-state index in [0.29, 0.717) is 31.6 Å². The molecule has 0 bridgehead atoms. The Bertz CT molecular complexity index is 851.